The van der Waals surface area contributed by atoms with Crippen LogP contribution in [-0.4, -0.2) is 93.1 Å². The summed E-state index contributed by atoms with van der Waals surface area (Å²) >= 11 is 0. The maximum absolute atomic E-state index is 11.7. The number of guanidine groups is 1. The molecular formula is C12H19N6O6P. The minimum absolute atomic E-state index is 0.0426. The lowest BCUT2D eigenvalue weighted by Gasteiger charge is -2.25. The number of carbonyl (C=O) groups is 2. The van der Waals surface area contributed by atoms with Gasteiger partial charge in [0.05, 0.1) is 18.9 Å². The Balaban J connectivity index is 1.96. The Morgan fingerprint density at radius 3 is 2.68 bits per heavy atom. The monoisotopic (exact) mass is 374 g/mol. The van der Waals surface area contributed by atoms with Crippen LogP contribution in [0.15, 0.2) is 15.0 Å². The van der Waals surface area contributed by atoms with Gasteiger partial charge < -0.3 is 30.4 Å². The molecule has 0 fully saturated rings. The van der Waals surface area contributed by atoms with Gasteiger partial charge in [-0.1, -0.05) is 0 Å². The van der Waals surface area contributed by atoms with Gasteiger partial charge in [0.2, 0.25) is 5.96 Å². The molecule has 2 rings (SSSR count). The normalized spacial score (nSPS) is 19.9. The van der Waals surface area contributed by atoms with E-state index in [-0.39, 0.29) is 31.6 Å². The number of aliphatic carboxylic acids is 1. The molecule has 2 aliphatic rings. The molecule has 0 aromatic heterocycles. The first kappa shape index (κ1) is 19.2. The van der Waals surface area contributed by atoms with E-state index in [0.29, 0.717) is 18.9 Å². The molecule has 12 nitrogen and oxygen atoms in total. The molecule has 25 heavy (non-hydrogen) atoms. The van der Waals surface area contributed by atoms with Crippen molar-refractivity contribution >= 4 is 37.6 Å². The number of fused-ring (bicyclic) bond motifs is 1. The molecule has 1 unspecified atom stereocenters. The van der Waals surface area contributed by atoms with Gasteiger partial charge in [0, 0.05) is 26.2 Å². The Labute approximate surface area is 142 Å². The fourth-order valence-corrected chi connectivity index (χ4v) is 2.87. The van der Waals surface area contributed by atoms with E-state index in [4.69, 9.17) is 20.6 Å². The van der Waals surface area contributed by atoms with Crippen LogP contribution in [0, 0.1) is 0 Å². The number of rotatable bonds is 9. The standard InChI is InChI=1S/C12H19N6O6P/c13-12-15-10-9(11(21)16-12)14-7-18(10)4-3-17(2-1-8(19)20)5-6-25(22,23)24/h7,9H,1-6H2,(H,19,20)(H2,13,16,21)(H2,22,23,24). The van der Waals surface area contributed by atoms with Crippen LogP contribution in [0.5, 0.6) is 0 Å². The average Bonchev–Trinajstić information content (AvgIpc) is 2.88. The van der Waals surface area contributed by atoms with E-state index in [1.54, 1.807) is 9.80 Å². The maximum Gasteiger partial charge on any atom is 0.326 e. The van der Waals surface area contributed by atoms with Crippen molar-refractivity contribution in [1.82, 2.24) is 9.80 Å². The first-order valence-corrected chi connectivity index (χ1v) is 9.21. The van der Waals surface area contributed by atoms with Gasteiger partial charge in [0.1, 0.15) is 5.84 Å². The molecule has 13 heteroatoms. The van der Waals surface area contributed by atoms with Gasteiger partial charge in [0.25, 0.3) is 5.91 Å². The number of amides is 1. The molecule has 0 bridgehead atoms. The summed E-state index contributed by atoms with van der Waals surface area (Å²) in [7, 11) is -4.19. The Morgan fingerprint density at radius 1 is 1.32 bits per heavy atom. The molecule has 0 aromatic rings. The minimum Gasteiger partial charge on any atom is -0.481 e. The third kappa shape index (κ3) is 5.71. The number of nitrogens with two attached hydrogens (primary N) is 1. The molecule has 5 N–H and O–H groups in total. The fourth-order valence-electron chi connectivity index (χ4n) is 2.33. The Kier molecular flexibility index (Phi) is 6.01. The van der Waals surface area contributed by atoms with Crippen LogP contribution in [0.1, 0.15) is 6.42 Å². The lowest BCUT2D eigenvalue weighted by Crippen LogP contribution is -2.43. The summed E-state index contributed by atoms with van der Waals surface area (Å²) in [6.45, 7) is 0.788. The molecule has 0 aliphatic carbocycles. The van der Waals surface area contributed by atoms with Gasteiger partial charge in [-0.15, -0.1) is 0 Å². The van der Waals surface area contributed by atoms with Crippen LogP contribution in [0.2, 0.25) is 0 Å². The number of hydrogen-bond donors (Lipinski definition) is 4. The first-order valence-electron chi connectivity index (χ1n) is 7.41. The summed E-state index contributed by atoms with van der Waals surface area (Å²) in [6, 6.07) is -0.824. The molecule has 138 valence electrons. The van der Waals surface area contributed by atoms with Crippen LogP contribution in [0.4, 0.5) is 0 Å². The number of nitrogens with zero attached hydrogens (tertiary/aromatic N) is 5. The van der Waals surface area contributed by atoms with Gasteiger partial charge in [-0.05, 0) is 0 Å². The molecule has 0 saturated heterocycles. The fraction of sp³-hybridized carbons (Fsp3) is 0.583. The highest BCUT2D eigenvalue weighted by Gasteiger charge is 2.35. The van der Waals surface area contributed by atoms with Crippen molar-refractivity contribution in [2.45, 2.75) is 12.5 Å². The number of aliphatic imine (C=N–C) groups is 3. The van der Waals surface area contributed by atoms with Crippen LogP contribution >= 0.6 is 7.60 Å². The van der Waals surface area contributed by atoms with Crippen molar-refractivity contribution in [2.24, 2.45) is 20.7 Å². The molecule has 2 aliphatic heterocycles. The van der Waals surface area contributed by atoms with Crippen LogP contribution < -0.4 is 5.73 Å². The van der Waals surface area contributed by atoms with Gasteiger partial charge in [-0.2, -0.15) is 9.98 Å². The quantitative estimate of drug-likeness (QED) is 0.329. The lowest BCUT2D eigenvalue weighted by atomic mass is 10.2. The maximum atomic E-state index is 11.7. The van der Waals surface area contributed by atoms with Crippen LogP contribution in [0.25, 0.3) is 0 Å². The van der Waals surface area contributed by atoms with Crippen LogP contribution in [0.3, 0.4) is 0 Å². The third-order valence-electron chi connectivity index (χ3n) is 3.59. The van der Waals surface area contributed by atoms with Crippen molar-refractivity contribution in [2.75, 3.05) is 32.3 Å². The zero-order valence-corrected chi connectivity index (χ0v) is 14.1. The van der Waals surface area contributed by atoms with E-state index in [1.165, 1.54) is 6.34 Å². The molecule has 0 spiro atoms. The topological polar surface area (TPSA) is 181 Å². The van der Waals surface area contributed by atoms with E-state index in [2.05, 4.69) is 15.0 Å². The third-order valence-corrected chi connectivity index (χ3v) is 4.37. The highest BCUT2D eigenvalue weighted by molar-refractivity contribution is 7.51. The van der Waals surface area contributed by atoms with Gasteiger partial charge >= 0.3 is 13.6 Å². The van der Waals surface area contributed by atoms with E-state index < -0.39 is 25.5 Å². The van der Waals surface area contributed by atoms with Crippen LogP contribution in [-0.2, 0) is 14.2 Å². The number of carboxylic acids is 1. The highest BCUT2D eigenvalue weighted by atomic mass is 31.2. The predicted octanol–water partition coefficient (Wildman–Crippen LogP) is -2.09. The van der Waals surface area contributed by atoms with E-state index in [0.717, 1.165) is 0 Å². The van der Waals surface area contributed by atoms with Crippen molar-refractivity contribution in [3.8, 4) is 0 Å². The molecule has 0 saturated carbocycles. The summed E-state index contributed by atoms with van der Waals surface area (Å²) in [6.07, 6.45) is 0.896. The van der Waals surface area contributed by atoms with Crippen molar-refractivity contribution < 1.29 is 29.0 Å². The molecule has 1 amide bonds. The van der Waals surface area contributed by atoms with E-state index >= 15 is 0 Å². The second-order valence-electron chi connectivity index (χ2n) is 5.51. The molecule has 0 radical (unpaired) electrons. The Hall–Kier alpha value is -2.14. The predicted molar refractivity (Wildman–Crippen MR) is 88.7 cm³/mol. The zero-order valence-electron chi connectivity index (χ0n) is 13.2. The molecular weight excluding hydrogens is 355 g/mol. The van der Waals surface area contributed by atoms with E-state index in [9.17, 15) is 14.2 Å². The van der Waals surface area contributed by atoms with Gasteiger partial charge in [-0.3, -0.25) is 19.1 Å². The number of carboxylic acid groups (broad SMARTS) is 1. The highest BCUT2D eigenvalue weighted by Crippen LogP contribution is 2.33. The summed E-state index contributed by atoms with van der Waals surface area (Å²) in [5.41, 5.74) is 5.47. The molecule has 0 aromatic carbocycles. The second kappa shape index (κ2) is 7.83. The smallest absolute Gasteiger partial charge is 0.326 e. The second-order valence-corrected chi connectivity index (χ2v) is 7.29. The zero-order chi connectivity index (χ0) is 18.6. The number of hydrogen-bond acceptors (Lipinski definition) is 8. The van der Waals surface area contributed by atoms with Gasteiger partial charge in [0.15, 0.2) is 6.04 Å². The average molecular weight is 374 g/mol. The summed E-state index contributed by atoms with van der Waals surface area (Å²) in [5.74, 6) is -1.33. The number of carbonyl (C=O) groups excluding carboxylic acids is 1. The van der Waals surface area contributed by atoms with Crippen molar-refractivity contribution in [1.29, 1.82) is 0 Å². The summed E-state index contributed by atoms with van der Waals surface area (Å²) < 4.78 is 11.0. The van der Waals surface area contributed by atoms with Crippen molar-refractivity contribution in [3.05, 3.63) is 0 Å². The SMILES string of the molecule is NC1=NC(=O)C2N=CN(CCN(CCC(=O)O)CCP(=O)(O)O)C2=N1. The van der Waals surface area contributed by atoms with E-state index in [1.807, 2.05) is 0 Å². The largest absolute Gasteiger partial charge is 0.481 e. The Bertz CT molecular complexity index is 686. The summed E-state index contributed by atoms with van der Waals surface area (Å²) in [4.78, 5) is 55.2. The number of amidine groups is 1. The Morgan fingerprint density at radius 2 is 2.04 bits per heavy atom. The molecule has 2 heterocycles. The lowest BCUT2D eigenvalue weighted by molar-refractivity contribution is -0.137. The minimum atomic E-state index is -4.19. The first-order chi connectivity index (χ1) is 11.7. The van der Waals surface area contributed by atoms with Crippen molar-refractivity contribution in [3.63, 3.8) is 0 Å². The van der Waals surface area contributed by atoms with Gasteiger partial charge in [-0.25, -0.2) is 0 Å². The molecule has 1 atom stereocenters. The summed E-state index contributed by atoms with van der Waals surface area (Å²) in [5, 5.41) is 8.79.